The Kier molecular flexibility index (Phi) is 5.62. The first kappa shape index (κ1) is 20.9. The maximum Gasteiger partial charge on any atom is 0.418 e. The molecule has 2 saturated heterocycles. The van der Waals surface area contributed by atoms with Gasteiger partial charge in [-0.25, -0.2) is 4.98 Å². The number of hydrogen-bond donors (Lipinski definition) is 2. The highest BCUT2D eigenvalue weighted by atomic mass is 35.5. The van der Waals surface area contributed by atoms with Crippen LogP contribution in [0.2, 0.25) is 5.15 Å². The van der Waals surface area contributed by atoms with Crippen molar-refractivity contribution in [3.05, 3.63) is 64.4 Å². The summed E-state index contributed by atoms with van der Waals surface area (Å²) in [5.41, 5.74) is -1.30. The third-order valence-electron chi connectivity index (χ3n) is 5.39. The number of alkyl halides is 3. The second kappa shape index (κ2) is 7.54. The zero-order valence-corrected chi connectivity index (χ0v) is 16.2. The van der Waals surface area contributed by atoms with E-state index in [1.165, 1.54) is 0 Å². The van der Waals surface area contributed by atoms with Crippen molar-refractivity contribution < 1.29 is 18.0 Å². The summed E-state index contributed by atoms with van der Waals surface area (Å²) in [6, 6.07) is 10.6. The Morgan fingerprint density at radius 1 is 1.21 bits per heavy atom. The normalized spacial score (nSPS) is 24.1. The van der Waals surface area contributed by atoms with Gasteiger partial charge in [0.15, 0.2) is 0 Å². The molecule has 2 aromatic rings. The number of carbonyl (C=O) groups is 1. The van der Waals surface area contributed by atoms with Gasteiger partial charge in [-0.3, -0.25) is 4.79 Å². The molecular formula is C19H18Cl2F3N3O. The molecule has 0 radical (unpaired) electrons. The first-order valence-electron chi connectivity index (χ1n) is 8.63. The van der Waals surface area contributed by atoms with Crippen molar-refractivity contribution in [3.8, 4) is 0 Å². The van der Waals surface area contributed by atoms with Crippen LogP contribution in [-0.4, -0.2) is 23.0 Å². The molecule has 1 saturated carbocycles. The SMILES string of the molecule is Cl.O=C(NC(c1ccccc1)C12CC(CN1)C2)c1nc(Cl)ccc1C(F)(F)F. The molecule has 1 aromatic heterocycles. The average Bonchev–Trinajstić information content (AvgIpc) is 3.20. The van der Waals surface area contributed by atoms with Crippen LogP contribution in [0.25, 0.3) is 0 Å². The number of carbonyl (C=O) groups excluding carboxylic acids is 1. The van der Waals surface area contributed by atoms with E-state index in [0.717, 1.165) is 37.1 Å². The van der Waals surface area contributed by atoms with E-state index in [0.29, 0.717) is 5.92 Å². The molecule has 1 aromatic carbocycles. The summed E-state index contributed by atoms with van der Waals surface area (Å²) in [5.74, 6) is -0.339. The standard InChI is InChI=1S/C19H17ClF3N3O.ClH/c20-14-7-6-13(19(21,22)23)15(25-14)17(27)26-16(12-4-2-1-3-5-12)18-8-11(9-18)10-24-18;/h1-7,11,16,24H,8-10H2,(H,26,27);1H. The van der Waals surface area contributed by atoms with Gasteiger partial charge in [-0.2, -0.15) is 13.2 Å². The highest BCUT2D eigenvalue weighted by Gasteiger charge is 2.55. The fourth-order valence-electron chi connectivity index (χ4n) is 4.17. The Balaban J connectivity index is 0.00000225. The minimum atomic E-state index is -4.70. The summed E-state index contributed by atoms with van der Waals surface area (Å²) >= 11 is 5.76. The van der Waals surface area contributed by atoms with E-state index in [1.54, 1.807) is 0 Å². The van der Waals surface area contributed by atoms with Crippen molar-refractivity contribution in [1.29, 1.82) is 0 Å². The van der Waals surface area contributed by atoms with Gasteiger partial charge in [-0.15, -0.1) is 12.4 Å². The highest BCUT2D eigenvalue weighted by molar-refractivity contribution is 6.29. The molecule has 1 amide bonds. The lowest BCUT2D eigenvalue weighted by molar-refractivity contribution is -0.138. The summed E-state index contributed by atoms with van der Waals surface area (Å²) < 4.78 is 39.9. The minimum Gasteiger partial charge on any atom is -0.342 e. The number of hydrogen-bond acceptors (Lipinski definition) is 3. The largest absolute Gasteiger partial charge is 0.418 e. The first-order valence-corrected chi connectivity index (χ1v) is 9.01. The van der Waals surface area contributed by atoms with Crippen LogP contribution in [0.1, 0.15) is 40.5 Å². The van der Waals surface area contributed by atoms with Crippen LogP contribution >= 0.6 is 24.0 Å². The molecule has 1 aliphatic carbocycles. The number of nitrogens with zero attached hydrogens (tertiary/aromatic N) is 1. The van der Waals surface area contributed by atoms with Gasteiger partial charge in [-0.05, 0) is 43.0 Å². The predicted molar refractivity (Wildman–Crippen MR) is 102 cm³/mol. The maximum absolute atomic E-state index is 13.3. The van der Waals surface area contributed by atoms with E-state index >= 15 is 0 Å². The zero-order valence-electron chi connectivity index (χ0n) is 14.6. The lowest BCUT2D eigenvalue weighted by Crippen LogP contribution is -2.55. The van der Waals surface area contributed by atoms with Crippen molar-refractivity contribution >= 4 is 29.9 Å². The average molecular weight is 432 g/mol. The molecule has 3 aliphatic rings. The molecule has 1 unspecified atom stereocenters. The van der Waals surface area contributed by atoms with Crippen molar-refractivity contribution in [3.63, 3.8) is 0 Å². The number of amides is 1. The van der Waals surface area contributed by atoms with Crippen molar-refractivity contribution in [2.45, 2.75) is 30.6 Å². The van der Waals surface area contributed by atoms with Gasteiger partial charge in [0, 0.05) is 5.54 Å². The number of pyridine rings is 1. The molecule has 0 spiro atoms. The van der Waals surface area contributed by atoms with E-state index in [9.17, 15) is 18.0 Å². The summed E-state index contributed by atoms with van der Waals surface area (Å²) in [6.45, 7) is 0.850. The van der Waals surface area contributed by atoms with E-state index in [-0.39, 0.29) is 23.1 Å². The van der Waals surface area contributed by atoms with Gasteiger partial charge in [0.05, 0.1) is 11.6 Å². The highest BCUT2D eigenvalue weighted by Crippen LogP contribution is 2.50. The summed E-state index contributed by atoms with van der Waals surface area (Å²) in [5, 5.41) is 6.06. The Labute approximate surface area is 171 Å². The molecule has 150 valence electrons. The Morgan fingerprint density at radius 2 is 1.89 bits per heavy atom. The number of aromatic nitrogens is 1. The van der Waals surface area contributed by atoms with Crippen LogP contribution in [0.4, 0.5) is 13.2 Å². The summed E-state index contributed by atoms with van der Waals surface area (Å²) in [6.07, 6.45) is -2.94. The second-order valence-electron chi connectivity index (χ2n) is 7.16. The molecule has 2 bridgehead atoms. The number of fused-ring (bicyclic) bond motifs is 1. The van der Waals surface area contributed by atoms with Gasteiger partial charge in [0.2, 0.25) is 0 Å². The monoisotopic (exact) mass is 431 g/mol. The smallest absolute Gasteiger partial charge is 0.342 e. The molecule has 9 heteroatoms. The Bertz CT molecular complexity index is 865. The van der Waals surface area contributed by atoms with Crippen molar-refractivity contribution in [2.75, 3.05) is 6.54 Å². The Morgan fingerprint density at radius 3 is 2.46 bits per heavy atom. The van der Waals surface area contributed by atoms with Gasteiger partial charge < -0.3 is 10.6 Å². The molecule has 2 N–H and O–H groups in total. The van der Waals surface area contributed by atoms with Gasteiger partial charge in [-0.1, -0.05) is 41.9 Å². The lowest BCUT2D eigenvalue weighted by atomic mass is 9.67. The molecule has 28 heavy (non-hydrogen) atoms. The quantitative estimate of drug-likeness (QED) is 0.705. The minimum absolute atomic E-state index is 0. The molecule has 3 heterocycles. The molecule has 4 nitrogen and oxygen atoms in total. The fraction of sp³-hybridized carbons (Fsp3) is 0.368. The van der Waals surface area contributed by atoms with Crippen LogP contribution in [-0.2, 0) is 6.18 Å². The van der Waals surface area contributed by atoms with E-state index < -0.39 is 29.4 Å². The maximum atomic E-state index is 13.3. The molecule has 3 fully saturated rings. The lowest BCUT2D eigenvalue weighted by Gasteiger charge is -2.44. The summed E-state index contributed by atoms with van der Waals surface area (Å²) in [7, 11) is 0. The molecule has 1 atom stereocenters. The molecule has 2 aliphatic heterocycles. The van der Waals surface area contributed by atoms with Crippen LogP contribution in [0.15, 0.2) is 42.5 Å². The van der Waals surface area contributed by atoms with E-state index in [2.05, 4.69) is 15.6 Å². The third-order valence-corrected chi connectivity index (χ3v) is 5.60. The van der Waals surface area contributed by atoms with Crippen LogP contribution in [0, 0.1) is 5.92 Å². The zero-order chi connectivity index (χ0) is 19.2. The number of benzene rings is 1. The van der Waals surface area contributed by atoms with Crippen molar-refractivity contribution in [2.24, 2.45) is 5.92 Å². The predicted octanol–water partition coefficient (Wildman–Crippen LogP) is 4.40. The van der Waals surface area contributed by atoms with Gasteiger partial charge in [0.25, 0.3) is 5.91 Å². The molecule has 5 rings (SSSR count). The van der Waals surface area contributed by atoms with Crippen LogP contribution in [0.5, 0.6) is 0 Å². The fourth-order valence-corrected chi connectivity index (χ4v) is 4.31. The van der Waals surface area contributed by atoms with Crippen molar-refractivity contribution in [1.82, 2.24) is 15.6 Å². The number of rotatable bonds is 4. The molecular weight excluding hydrogens is 414 g/mol. The van der Waals surface area contributed by atoms with Gasteiger partial charge in [0.1, 0.15) is 10.8 Å². The third kappa shape index (κ3) is 3.71. The topological polar surface area (TPSA) is 54.0 Å². The van der Waals surface area contributed by atoms with Crippen LogP contribution < -0.4 is 10.6 Å². The summed E-state index contributed by atoms with van der Waals surface area (Å²) in [4.78, 5) is 16.5. The van der Waals surface area contributed by atoms with Gasteiger partial charge >= 0.3 is 6.18 Å². The van der Waals surface area contributed by atoms with Crippen LogP contribution in [0.3, 0.4) is 0 Å². The first-order chi connectivity index (χ1) is 12.8. The Hall–Kier alpha value is -1.83. The van der Waals surface area contributed by atoms with E-state index in [1.807, 2.05) is 30.3 Å². The number of halogens is 5. The van der Waals surface area contributed by atoms with E-state index in [4.69, 9.17) is 11.6 Å². The number of nitrogens with one attached hydrogen (secondary N) is 2. The second-order valence-corrected chi connectivity index (χ2v) is 7.54.